The van der Waals surface area contributed by atoms with Crippen LogP contribution < -0.4 is 10.2 Å². The third-order valence-corrected chi connectivity index (χ3v) is 11.0. The summed E-state index contributed by atoms with van der Waals surface area (Å²) in [4.78, 5) is 25.3. The largest absolute Gasteiger partial charge is 0.756 e. The molecule has 9 heteroatoms. The number of hydrogen-bond acceptors (Lipinski definition) is 6. The number of phosphoric ester groups is 1. The molecule has 0 aliphatic heterocycles. The Bertz CT molecular complexity index is 1050. The first-order valence-corrected chi connectivity index (χ1v) is 24.5. The Balaban J connectivity index is 4.46. The molecular weight excluding hydrogens is 719 g/mol. The van der Waals surface area contributed by atoms with Crippen LogP contribution in [-0.4, -0.2) is 68.5 Å². The molecule has 0 aliphatic rings. The molecule has 0 saturated carbocycles. The zero-order chi connectivity index (χ0) is 41.4. The van der Waals surface area contributed by atoms with Gasteiger partial charge in [-0.15, -0.1) is 0 Å². The molecular formula is C47H89N2O6P. The van der Waals surface area contributed by atoms with E-state index in [4.69, 9.17) is 9.05 Å². The molecule has 0 saturated heterocycles. The van der Waals surface area contributed by atoms with Gasteiger partial charge in [-0.2, -0.15) is 0 Å². The van der Waals surface area contributed by atoms with Crippen molar-refractivity contribution in [3.8, 4) is 0 Å². The monoisotopic (exact) mass is 809 g/mol. The van der Waals surface area contributed by atoms with Crippen LogP contribution in [0.25, 0.3) is 0 Å². The van der Waals surface area contributed by atoms with E-state index in [1.165, 1.54) is 109 Å². The zero-order valence-electron chi connectivity index (χ0n) is 37.1. The molecule has 0 spiro atoms. The Hall–Kier alpha value is -1.54. The number of allylic oxidation sites excluding steroid dienone is 7. The molecule has 2 N–H and O–H groups in total. The summed E-state index contributed by atoms with van der Waals surface area (Å²) in [6, 6.07) is -0.910. The number of quaternary nitrogens is 1. The standard InChI is InChI=1S/C47H89N2O6P/c1-6-8-10-12-14-16-18-20-22-23-24-25-26-27-28-30-32-34-36-38-40-46(50)45(44-55-56(52,53)54-43-42-49(3,4)5)48-47(51)41-39-37-35-33-31-29-21-19-17-15-13-11-9-7-2/h13,15,19,21,30,32,38,40,45-46,50H,6-12,14,16-18,20,22-29,31,33-37,39,41-44H2,1-5H3,(H-,48,51,52,53)/b15-13-,21-19-,32-30+,40-38+. The smallest absolute Gasteiger partial charge is 0.268 e. The highest BCUT2D eigenvalue weighted by atomic mass is 31.2. The predicted octanol–water partition coefficient (Wildman–Crippen LogP) is 12.2. The summed E-state index contributed by atoms with van der Waals surface area (Å²) in [5.41, 5.74) is 0. The second-order valence-corrected chi connectivity index (χ2v) is 18.2. The zero-order valence-corrected chi connectivity index (χ0v) is 38.0. The summed E-state index contributed by atoms with van der Waals surface area (Å²) >= 11 is 0. The maximum absolute atomic E-state index is 12.8. The van der Waals surface area contributed by atoms with Crippen LogP contribution in [0.2, 0.25) is 0 Å². The second-order valence-electron chi connectivity index (χ2n) is 16.7. The first kappa shape index (κ1) is 54.5. The van der Waals surface area contributed by atoms with Crippen LogP contribution in [0, 0.1) is 0 Å². The van der Waals surface area contributed by atoms with Gasteiger partial charge in [0.05, 0.1) is 39.9 Å². The second kappa shape index (κ2) is 38.9. The lowest BCUT2D eigenvalue weighted by Gasteiger charge is -2.29. The van der Waals surface area contributed by atoms with Crippen LogP contribution in [0.3, 0.4) is 0 Å². The average Bonchev–Trinajstić information content (AvgIpc) is 3.15. The molecule has 0 radical (unpaired) electrons. The van der Waals surface area contributed by atoms with Crippen molar-refractivity contribution in [3.63, 3.8) is 0 Å². The van der Waals surface area contributed by atoms with Crippen LogP contribution in [-0.2, 0) is 18.4 Å². The molecule has 56 heavy (non-hydrogen) atoms. The summed E-state index contributed by atoms with van der Waals surface area (Å²) < 4.78 is 23.2. The van der Waals surface area contributed by atoms with Crippen LogP contribution in [0.1, 0.15) is 194 Å². The van der Waals surface area contributed by atoms with Gasteiger partial charge in [0.25, 0.3) is 7.82 Å². The van der Waals surface area contributed by atoms with E-state index in [-0.39, 0.29) is 12.5 Å². The normalized spacial score (nSPS) is 14.8. The highest BCUT2D eigenvalue weighted by Crippen LogP contribution is 2.38. The minimum Gasteiger partial charge on any atom is -0.756 e. The summed E-state index contributed by atoms with van der Waals surface area (Å²) in [5, 5.41) is 13.8. The van der Waals surface area contributed by atoms with Gasteiger partial charge in [0.1, 0.15) is 13.2 Å². The number of aliphatic hydroxyl groups is 1. The van der Waals surface area contributed by atoms with Crippen LogP contribution >= 0.6 is 7.82 Å². The van der Waals surface area contributed by atoms with E-state index in [0.29, 0.717) is 17.4 Å². The van der Waals surface area contributed by atoms with E-state index in [0.717, 1.165) is 64.2 Å². The molecule has 0 rings (SSSR count). The van der Waals surface area contributed by atoms with Gasteiger partial charge in [-0.05, 0) is 57.8 Å². The van der Waals surface area contributed by atoms with Gasteiger partial charge < -0.3 is 28.8 Å². The molecule has 1 amide bonds. The Morgan fingerprint density at radius 2 is 1.07 bits per heavy atom. The number of unbranched alkanes of at least 4 members (excludes halogenated alkanes) is 22. The van der Waals surface area contributed by atoms with Crippen molar-refractivity contribution >= 4 is 13.7 Å². The van der Waals surface area contributed by atoms with Gasteiger partial charge in [0.15, 0.2) is 0 Å². The highest BCUT2D eigenvalue weighted by Gasteiger charge is 2.23. The van der Waals surface area contributed by atoms with Gasteiger partial charge in [-0.25, -0.2) is 0 Å². The third kappa shape index (κ3) is 40.6. The Morgan fingerprint density at radius 1 is 0.625 bits per heavy atom. The summed E-state index contributed by atoms with van der Waals surface area (Å²) in [6.07, 6.45) is 48.8. The minimum absolute atomic E-state index is 0.0105. The fraction of sp³-hybridized carbons (Fsp3) is 0.809. The molecule has 0 fully saturated rings. The SMILES string of the molecule is CCCC/C=C\C/C=C\CCCCCCCC(=O)NC(COP(=O)([O-])OCC[N+](C)(C)C)C(O)/C=C/CC/C=C/CCCCCCCCCCCCCCCC. The number of aliphatic hydroxyl groups excluding tert-OH is 1. The minimum atomic E-state index is -4.60. The van der Waals surface area contributed by atoms with E-state index >= 15 is 0 Å². The van der Waals surface area contributed by atoms with Crippen LogP contribution in [0.4, 0.5) is 0 Å². The Kier molecular flexibility index (Phi) is 37.9. The number of hydrogen-bond donors (Lipinski definition) is 2. The number of nitrogens with one attached hydrogen (secondary N) is 1. The van der Waals surface area contributed by atoms with Crippen molar-refractivity contribution in [2.24, 2.45) is 0 Å². The molecule has 0 aromatic heterocycles. The van der Waals surface area contributed by atoms with Gasteiger partial charge in [0, 0.05) is 6.42 Å². The topological polar surface area (TPSA) is 108 Å². The van der Waals surface area contributed by atoms with Crippen LogP contribution in [0.15, 0.2) is 48.6 Å². The van der Waals surface area contributed by atoms with Crippen molar-refractivity contribution in [2.45, 2.75) is 206 Å². The average molecular weight is 809 g/mol. The number of amides is 1. The van der Waals surface area contributed by atoms with Crippen molar-refractivity contribution in [1.82, 2.24) is 5.32 Å². The Labute approximate surface area is 346 Å². The molecule has 8 nitrogen and oxygen atoms in total. The van der Waals surface area contributed by atoms with E-state index < -0.39 is 26.6 Å². The van der Waals surface area contributed by atoms with Gasteiger partial charge in [-0.3, -0.25) is 9.36 Å². The van der Waals surface area contributed by atoms with Crippen molar-refractivity contribution < 1.29 is 32.9 Å². The number of phosphoric acid groups is 1. The number of likely N-dealkylation sites (N-methyl/N-ethyl adjacent to an activating group) is 1. The van der Waals surface area contributed by atoms with Crippen LogP contribution in [0.5, 0.6) is 0 Å². The van der Waals surface area contributed by atoms with Crippen molar-refractivity contribution in [1.29, 1.82) is 0 Å². The summed E-state index contributed by atoms with van der Waals surface area (Å²) in [7, 11) is 1.23. The van der Waals surface area contributed by atoms with E-state index in [2.05, 4.69) is 55.6 Å². The number of rotatable bonds is 41. The van der Waals surface area contributed by atoms with E-state index in [1.54, 1.807) is 6.08 Å². The highest BCUT2D eigenvalue weighted by molar-refractivity contribution is 7.45. The van der Waals surface area contributed by atoms with Gasteiger partial charge >= 0.3 is 0 Å². The third-order valence-electron chi connectivity index (χ3n) is 10.0. The summed E-state index contributed by atoms with van der Waals surface area (Å²) in [5.74, 6) is -0.223. The quantitative estimate of drug-likeness (QED) is 0.0276. The fourth-order valence-electron chi connectivity index (χ4n) is 6.30. The lowest BCUT2D eigenvalue weighted by atomic mass is 10.0. The predicted molar refractivity (Wildman–Crippen MR) is 238 cm³/mol. The molecule has 0 heterocycles. The molecule has 0 aliphatic carbocycles. The Morgan fingerprint density at radius 3 is 1.61 bits per heavy atom. The van der Waals surface area contributed by atoms with E-state index in [9.17, 15) is 19.4 Å². The molecule has 0 aromatic carbocycles. The first-order valence-electron chi connectivity index (χ1n) is 23.0. The number of carbonyl (C=O) groups is 1. The lowest BCUT2D eigenvalue weighted by Crippen LogP contribution is -2.45. The summed E-state index contributed by atoms with van der Waals surface area (Å²) in [6.45, 7) is 4.57. The first-order chi connectivity index (χ1) is 27.0. The number of nitrogens with zero attached hydrogens (tertiary/aromatic N) is 1. The molecule has 0 aromatic rings. The lowest BCUT2D eigenvalue weighted by molar-refractivity contribution is -0.870. The molecule has 3 unspecified atom stereocenters. The van der Waals surface area contributed by atoms with Crippen molar-refractivity contribution in [3.05, 3.63) is 48.6 Å². The molecule has 0 bridgehead atoms. The number of carbonyl (C=O) groups excluding carboxylic acids is 1. The van der Waals surface area contributed by atoms with Crippen molar-refractivity contribution in [2.75, 3.05) is 40.9 Å². The maximum Gasteiger partial charge on any atom is 0.268 e. The fourth-order valence-corrected chi connectivity index (χ4v) is 7.02. The van der Waals surface area contributed by atoms with E-state index in [1.807, 2.05) is 27.2 Å². The molecule has 3 atom stereocenters. The maximum atomic E-state index is 12.8. The van der Waals surface area contributed by atoms with Gasteiger partial charge in [0.2, 0.25) is 5.91 Å². The molecule has 328 valence electrons. The van der Waals surface area contributed by atoms with Gasteiger partial charge in [-0.1, -0.05) is 178 Å².